The Kier molecular flexibility index (Phi) is 5.71. The van der Waals surface area contributed by atoms with Crippen molar-refractivity contribution in [2.75, 3.05) is 27.4 Å². The second-order valence-corrected chi connectivity index (χ2v) is 5.42. The largest absolute Gasteiger partial charge is 0.382 e. The van der Waals surface area contributed by atoms with E-state index in [0.29, 0.717) is 6.61 Å². The zero-order valence-corrected chi connectivity index (χ0v) is 10.5. The smallest absolute Gasteiger partial charge is 0.334 e. The molecular weight excluding hydrogens is 227 g/mol. The molecule has 0 aliphatic heterocycles. The Labute approximate surface area is 96.1 Å². The van der Waals surface area contributed by atoms with Gasteiger partial charge in [0, 0.05) is 14.2 Å². The second-order valence-electron chi connectivity index (χ2n) is 3.26. The van der Waals surface area contributed by atoms with Gasteiger partial charge in [0.1, 0.15) is 0 Å². The zero-order chi connectivity index (χ0) is 11.9. The lowest BCUT2D eigenvalue weighted by molar-refractivity contribution is 0.133. The summed E-state index contributed by atoms with van der Waals surface area (Å²) < 4.78 is 27.2. The van der Waals surface area contributed by atoms with Crippen molar-refractivity contribution < 1.29 is 18.3 Å². The predicted molar refractivity (Wildman–Crippen MR) is 62.6 cm³/mol. The van der Waals surface area contributed by atoms with Crippen LogP contribution in [0.15, 0.2) is 30.3 Å². The lowest BCUT2D eigenvalue weighted by atomic mass is 10.2. The van der Waals surface area contributed by atoms with Crippen LogP contribution in [-0.4, -0.2) is 27.4 Å². The van der Waals surface area contributed by atoms with Crippen molar-refractivity contribution in [3.05, 3.63) is 35.9 Å². The lowest BCUT2D eigenvalue weighted by Crippen LogP contribution is -2.03. The fourth-order valence-electron chi connectivity index (χ4n) is 1.23. The van der Waals surface area contributed by atoms with Crippen LogP contribution in [0.5, 0.6) is 0 Å². The Morgan fingerprint density at radius 2 is 1.81 bits per heavy atom. The van der Waals surface area contributed by atoms with Gasteiger partial charge in [0.2, 0.25) is 0 Å². The number of hydrogen-bond donors (Lipinski definition) is 0. The molecule has 0 heterocycles. The summed E-state index contributed by atoms with van der Waals surface area (Å²) >= 11 is 0. The van der Waals surface area contributed by atoms with Crippen LogP contribution in [0.3, 0.4) is 0 Å². The van der Waals surface area contributed by atoms with Crippen molar-refractivity contribution in [2.45, 2.75) is 6.16 Å². The van der Waals surface area contributed by atoms with Gasteiger partial charge in [0.25, 0.3) is 0 Å². The summed E-state index contributed by atoms with van der Waals surface area (Å²) in [7, 11) is -0.0648. The molecule has 0 aliphatic rings. The first-order valence-electron chi connectivity index (χ1n) is 5.02. The first-order valence-corrected chi connectivity index (χ1v) is 6.75. The Morgan fingerprint density at radius 3 is 2.38 bits per heavy atom. The van der Waals surface area contributed by atoms with E-state index >= 15 is 0 Å². The van der Waals surface area contributed by atoms with Gasteiger partial charge in [-0.25, -0.2) is 0 Å². The molecule has 0 spiro atoms. The molecule has 5 heteroatoms. The van der Waals surface area contributed by atoms with Crippen molar-refractivity contribution in [2.24, 2.45) is 0 Å². The molecule has 90 valence electrons. The molecule has 1 rings (SSSR count). The molecule has 0 bridgehead atoms. The van der Waals surface area contributed by atoms with Gasteiger partial charge in [0.15, 0.2) is 0 Å². The lowest BCUT2D eigenvalue weighted by Gasteiger charge is -2.16. The Bertz CT molecular complexity index is 339. The maximum Gasteiger partial charge on any atom is 0.334 e. The van der Waals surface area contributed by atoms with Crippen LogP contribution in [0, 0.1) is 0 Å². The van der Waals surface area contributed by atoms with E-state index in [-0.39, 0.29) is 12.8 Å². The van der Waals surface area contributed by atoms with Gasteiger partial charge in [-0.1, -0.05) is 30.3 Å². The maximum atomic E-state index is 12.1. The maximum absolute atomic E-state index is 12.1. The summed E-state index contributed by atoms with van der Waals surface area (Å²) in [5, 5.41) is 0. The molecule has 0 N–H and O–H groups in total. The summed E-state index contributed by atoms with van der Waals surface area (Å²) in [5.74, 6) is 0. The van der Waals surface area contributed by atoms with Crippen molar-refractivity contribution >= 4 is 7.60 Å². The van der Waals surface area contributed by atoms with Gasteiger partial charge >= 0.3 is 7.60 Å². The second kappa shape index (κ2) is 6.81. The third kappa shape index (κ3) is 4.45. The Hall–Kier alpha value is -0.670. The van der Waals surface area contributed by atoms with E-state index in [1.54, 1.807) is 7.11 Å². The standard InChI is InChI=1S/C11H17O4P/c1-13-8-9-15-16(12,14-2)10-11-6-4-3-5-7-11/h3-7H,8-10H2,1-2H3. The number of ether oxygens (including phenoxy) is 1. The minimum absolute atomic E-state index is 0.272. The van der Waals surface area contributed by atoms with Gasteiger partial charge in [-0.15, -0.1) is 0 Å². The topological polar surface area (TPSA) is 44.8 Å². The molecule has 16 heavy (non-hydrogen) atoms. The number of hydrogen-bond acceptors (Lipinski definition) is 4. The van der Waals surface area contributed by atoms with Gasteiger partial charge in [-0.05, 0) is 5.56 Å². The van der Waals surface area contributed by atoms with Crippen LogP contribution >= 0.6 is 7.60 Å². The van der Waals surface area contributed by atoms with E-state index in [2.05, 4.69) is 0 Å². The molecule has 4 nitrogen and oxygen atoms in total. The SMILES string of the molecule is COCCOP(=O)(Cc1ccccc1)OC. The average Bonchev–Trinajstić information content (AvgIpc) is 2.31. The number of benzene rings is 1. The first-order chi connectivity index (χ1) is 7.70. The van der Waals surface area contributed by atoms with Gasteiger partial charge in [0.05, 0.1) is 19.4 Å². The molecule has 0 saturated carbocycles. The quantitative estimate of drug-likeness (QED) is 0.546. The van der Waals surface area contributed by atoms with Crippen molar-refractivity contribution in [3.8, 4) is 0 Å². The highest BCUT2D eigenvalue weighted by atomic mass is 31.2. The van der Waals surface area contributed by atoms with E-state index < -0.39 is 7.60 Å². The van der Waals surface area contributed by atoms with E-state index in [9.17, 15) is 4.57 Å². The van der Waals surface area contributed by atoms with Gasteiger partial charge in [-0.2, -0.15) is 0 Å². The summed E-state index contributed by atoms with van der Waals surface area (Å²) in [4.78, 5) is 0. The Morgan fingerprint density at radius 1 is 1.12 bits per heavy atom. The van der Waals surface area contributed by atoms with Crippen LogP contribution in [0.4, 0.5) is 0 Å². The minimum atomic E-state index is -3.03. The van der Waals surface area contributed by atoms with Gasteiger partial charge < -0.3 is 13.8 Å². The van der Waals surface area contributed by atoms with Crippen LogP contribution in [0.2, 0.25) is 0 Å². The zero-order valence-electron chi connectivity index (χ0n) is 9.59. The molecule has 0 fully saturated rings. The minimum Gasteiger partial charge on any atom is -0.382 e. The van der Waals surface area contributed by atoms with Crippen LogP contribution in [-0.2, 0) is 24.5 Å². The predicted octanol–water partition coefficient (Wildman–Crippen LogP) is 2.69. The molecule has 1 aromatic carbocycles. The third-order valence-electron chi connectivity index (χ3n) is 2.07. The van der Waals surface area contributed by atoms with Crippen LogP contribution in [0.1, 0.15) is 5.56 Å². The highest BCUT2D eigenvalue weighted by Gasteiger charge is 2.23. The molecule has 1 aromatic rings. The number of methoxy groups -OCH3 is 1. The van der Waals surface area contributed by atoms with E-state index in [1.165, 1.54) is 7.11 Å². The highest BCUT2D eigenvalue weighted by Crippen LogP contribution is 2.50. The third-order valence-corrected chi connectivity index (χ3v) is 3.96. The number of rotatable bonds is 7. The summed E-state index contributed by atoms with van der Waals surface area (Å²) in [6.07, 6.45) is 0.286. The van der Waals surface area contributed by atoms with Crippen molar-refractivity contribution in [3.63, 3.8) is 0 Å². The van der Waals surface area contributed by atoms with Crippen LogP contribution < -0.4 is 0 Å². The fourth-order valence-corrected chi connectivity index (χ4v) is 2.57. The van der Waals surface area contributed by atoms with E-state index in [4.69, 9.17) is 13.8 Å². The molecule has 0 aliphatic carbocycles. The first kappa shape index (κ1) is 13.4. The molecule has 0 saturated heterocycles. The van der Waals surface area contributed by atoms with Crippen molar-refractivity contribution in [1.82, 2.24) is 0 Å². The van der Waals surface area contributed by atoms with Crippen molar-refractivity contribution in [1.29, 1.82) is 0 Å². The highest BCUT2D eigenvalue weighted by molar-refractivity contribution is 7.53. The van der Waals surface area contributed by atoms with E-state index in [0.717, 1.165) is 5.56 Å². The summed E-state index contributed by atoms with van der Waals surface area (Å²) in [6.45, 7) is 0.677. The molecular formula is C11H17O4P. The molecule has 1 atom stereocenters. The van der Waals surface area contributed by atoms with E-state index in [1.807, 2.05) is 30.3 Å². The summed E-state index contributed by atoms with van der Waals surface area (Å²) in [5.41, 5.74) is 0.935. The molecule has 1 unspecified atom stereocenters. The van der Waals surface area contributed by atoms with Crippen LogP contribution in [0.25, 0.3) is 0 Å². The average molecular weight is 244 g/mol. The normalized spacial score (nSPS) is 14.6. The summed E-state index contributed by atoms with van der Waals surface area (Å²) in [6, 6.07) is 9.48. The molecule has 0 aromatic heterocycles. The molecule has 0 amide bonds. The fraction of sp³-hybridized carbons (Fsp3) is 0.455. The monoisotopic (exact) mass is 244 g/mol. The Balaban J connectivity index is 2.56. The van der Waals surface area contributed by atoms with Gasteiger partial charge in [-0.3, -0.25) is 4.57 Å². The molecule has 0 radical (unpaired) electrons.